The van der Waals surface area contributed by atoms with E-state index >= 15 is 0 Å². The van der Waals surface area contributed by atoms with Gasteiger partial charge in [-0.3, -0.25) is 9.59 Å². The molecule has 0 atom stereocenters. The predicted octanol–water partition coefficient (Wildman–Crippen LogP) is 0.585. The Bertz CT molecular complexity index is 338. The lowest BCUT2D eigenvalue weighted by atomic mass is 9.83. The van der Waals surface area contributed by atoms with Crippen LogP contribution in [-0.4, -0.2) is 54.3 Å². The summed E-state index contributed by atoms with van der Waals surface area (Å²) in [5.41, 5.74) is 5.88. The average Bonchev–Trinajstić information content (AvgIpc) is 2.41. The van der Waals surface area contributed by atoms with Crippen LogP contribution in [0.2, 0.25) is 0 Å². The number of hydrogen-bond donors (Lipinski definition) is 1. The molecule has 5 nitrogen and oxygen atoms in total. The molecule has 0 aromatic heterocycles. The number of rotatable bonds is 3. The van der Waals surface area contributed by atoms with Crippen LogP contribution in [0.1, 0.15) is 38.5 Å². The molecule has 0 radical (unpaired) electrons. The highest BCUT2D eigenvalue weighted by Crippen LogP contribution is 2.27. The molecular weight excluding hydrogens is 242 g/mol. The maximum absolute atomic E-state index is 12.1. The Morgan fingerprint density at radius 1 is 1.26 bits per heavy atom. The quantitative estimate of drug-likeness (QED) is 0.813. The monoisotopic (exact) mass is 267 g/mol. The van der Waals surface area contributed by atoms with E-state index in [-0.39, 0.29) is 18.4 Å². The molecule has 108 valence electrons. The first kappa shape index (κ1) is 14.3. The minimum atomic E-state index is 0.0447. The zero-order chi connectivity index (χ0) is 13.8. The first-order chi connectivity index (χ1) is 9.06. The van der Waals surface area contributed by atoms with E-state index < -0.39 is 0 Å². The van der Waals surface area contributed by atoms with Crippen molar-refractivity contribution in [3.63, 3.8) is 0 Å². The van der Waals surface area contributed by atoms with E-state index in [2.05, 4.69) is 0 Å². The van der Waals surface area contributed by atoms with Crippen LogP contribution < -0.4 is 5.73 Å². The van der Waals surface area contributed by atoms with Gasteiger partial charge in [0.25, 0.3) is 0 Å². The molecular formula is C14H25N3O2. The third-order valence-electron chi connectivity index (χ3n) is 4.47. The molecule has 0 spiro atoms. The van der Waals surface area contributed by atoms with Gasteiger partial charge >= 0.3 is 0 Å². The molecule has 2 rings (SSSR count). The van der Waals surface area contributed by atoms with Gasteiger partial charge in [0.05, 0.1) is 6.54 Å². The van der Waals surface area contributed by atoms with Crippen molar-refractivity contribution >= 4 is 11.8 Å². The molecule has 1 aliphatic carbocycles. The summed E-state index contributed by atoms with van der Waals surface area (Å²) in [5.74, 6) is 0.825. The fraction of sp³-hybridized carbons (Fsp3) is 0.857. The van der Waals surface area contributed by atoms with Crippen molar-refractivity contribution in [2.45, 2.75) is 44.6 Å². The molecule has 0 unspecified atom stereocenters. The van der Waals surface area contributed by atoms with Crippen molar-refractivity contribution in [2.24, 2.45) is 11.7 Å². The number of nitrogens with two attached hydrogens (primary N) is 1. The molecule has 0 aromatic carbocycles. The lowest BCUT2D eigenvalue weighted by Gasteiger charge is -2.32. The second kappa shape index (κ2) is 6.37. The molecule has 2 amide bonds. The smallest absolute Gasteiger partial charge is 0.241 e. The Morgan fingerprint density at radius 2 is 1.95 bits per heavy atom. The molecule has 5 heteroatoms. The summed E-state index contributed by atoms with van der Waals surface area (Å²) in [6, 6.07) is 0.363. The van der Waals surface area contributed by atoms with Crippen molar-refractivity contribution in [2.75, 3.05) is 26.7 Å². The zero-order valence-corrected chi connectivity index (χ0v) is 11.8. The Labute approximate surface area is 115 Å². The van der Waals surface area contributed by atoms with Crippen molar-refractivity contribution in [1.29, 1.82) is 0 Å². The summed E-state index contributed by atoms with van der Waals surface area (Å²) >= 11 is 0. The molecule has 2 N–H and O–H groups in total. The molecule has 2 fully saturated rings. The highest BCUT2D eigenvalue weighted by molar-refractivity contribution is 5.85. The van der Waals surface area contributed by atoms with Gasteiger partial charge in [0.1, 0.15) is 0 Å². The molecule has 0 aromatic rings. The summed E-state index contributed by atoms with van der Waals surface area (Å²) in [4.78, 5) is 27.0. The minimum absolute atomic E-state index is 0.0447. The second-order valence-corrected chi connectivity index (χ2v) is 5.95. The number of piperazine rings is 1. The van der Waals surface area contributed by atoms with Crippen molar-refractivity contribution in [3.05, 3.63) is 0 Å². The normalized spacial score (nSPS) is 28.6. The van der Waals surface area contributed by atoms with E-state index in [1.165, 1.54) is 0 Å². The molecule has 2 aliphatic rings. The van der Waals surface area contributed by atoms with Crippen LogP contribution in [0.4, 0.5) is 0 Å². The highest BCUT2D eigenvalue weighted by atomic mass is 16.2. The number of likely N-dealkylation sites (N-methyl/N-ethyl adjacent to an activating group) is 1. The molecule has 1 aliphatic heterocycles. The van der Waals surface area contributed by atoms with Crippen LogP contribution in [0, 0.1) is 5.92 Å². The number of hydrogen-bond acceptors (Lipinski definition) is 3. The van der Waals surface area contributed by atoms with Crippen LogP contribution in [-0.2, 0) is 9.59 Å². The second-order valence-electron chi connectivity index (χ2n) is 5.95. The molecule has 0 bridgehead atoms. The fourth-order valence-corrected chi connectivity index (χ4v) is 2.93. The largest absolute Gasteiger partial charge is 0.342 e. The fourth-order valence-electron chi connectivity index (χ4n) is 2.93. The van der Waals surface area contributed by atoms with Gasteiger partial charge in [-0.05, 0) is 38.0 Å². The summed E-state index contributed by atoms with van der Waals surface area (Å²) in [6.45, 7) is 1.59. The van der Waals surface area contributed by atoms with E-state index in [9.17, 15) is 9.59 Å². The first-order valence-corrected chi connectivity index (χ1v) is 7.33. The van der Waals surface area contributed by atoms with E-state index in [1.54, 1.807) is 16.8 Å². The van der Waals surface area contributed by atoms with Crippen LogP contribution in [0.3, 0.4) is 0 Å². The lowest BCUT2D eigenvalue weighted by Crippen LogP contribution is -2.50. The van der Waals surface area contributed by atoms with Crippen LogP contribution >= 0.6 is 0 Å². The van der Waals surface area contributed by atoms with E-state index in [0.717, 1.165) is 32.1 Å². The Morgan fingerprint density at radius 3 is 2.58 bits per heavy atom. The minimum Gasteiger partial charge on any atom is -0.342 e. The number of carbonyl (C=O) groups is 2. The van der Waals surface area contributed by atoms with E-state index in [4.69, 9.17) is 5.73 Å². The molecule has 1 saturated carbocycles. The third-order valence-corrected chi connectivity index (χ3v) is 4.47. The number of nitrogens with zero attached hydrogens (tertiary/aromatic N) is 2. The Kier molecular flexibility index (Phi) is 4.80. The van der Waals surface area contributed by atoms with E-state index in [0.29, 0.717) is 31.5 Å². The molecule has 1 heterocycles. The summed E-state index contributed by atoms with van der Waals surface area (Å²) in [6.07, 6.45) is 6.01. The maximum Gasteiger partial charge on any atom is 0.241 e. The van der Waals surface area contributed by atoms with Gasteiger partial charge in [0.2, 0.25) is 11.8 Å². The average molecular weight is 267 g/mol. The van der Waals surface area contributed by atoms with Crippen molar-refractivity contribution < 1.29 is 9.59 Å². The lowest BCUT2D eigenvalue weighted by molar-refractivity contribution is -0.144. The number of amides is 2. The first-order valence-electron chi connectivity index (χ1n) is 7.33. The summed E-state index contributed by atoms with van der Waals surface area (Å²) in [5, 5.41) is 0. The van der Waals surface area contributed by atoms with Crippen LogP contribution in [0.25, 0.3) is 0 Å². The van der Waals surface area contributed by atoms with Gasteiger partial charge in [-0.15, -0.1) is 0 Å². The molecule has 19 heavy (non-hydrogen) atoms. The Hall–Kier alpha value is -1.10. The maximum atomic E-state index is 12.1. The SMILES string of the molecule is CN1CCN(C(=O)CCC2CCC(N)CC2)CC1=O. The van der Waals surface area contributed by atoms with Crippen molar-refractivity contribution in [3.8, 4) is 0 Å². The van der Waals surface area contributed by atoms with Gasteiger partial charge in [-0.2, -0.15) is 0 Å². The standard InChI is InChI=1S/C14H25N3O2/c1-16-8-9-17(10-14(16)19)13(18)7-4-11-2-5-12(15)6-3-11/h11-12H,2-10,15H2,1H3. The third kappa shape index (κ3) is 3.93. The predicted molar refractivity (Wildman–Crippen MR) is 73.4 cm³/mol. The van der Waals surface area contributed by atoms with Crippen molar-refractivity contribution in [1.82, 2.24) is 9.80 Å². The van der Waals surface area contributed by atoms with Gasteiger partial charge in [-0.25, -0.2) is 0 Å². The highest BCUT2D eigenvalue weighted by Gasteiger charge is 2.25. The topological polar surface area (TPSA) is 66.6 Å². The van der Waals surface area contributed by atoms with Gasteiger partial charge in [0.15, 0.2) is 0 Å². The van der Waals surface area contributed by atoms with Crippen LogP contribution in [0.5, 0.6) is 0 Å². The summed E-state index contributed by atoms with van der Waals surface area (Å²) in [7, 11) is 1.79. The summed E-state index contributed by atoms with van der Waals surface area (Å²) < 4.78 is 0. The van der Waals surface area contributed by atoms with E-state index in [1.807, 2.05) is 0 Å². The Balaban J connectivity index is 1.71. The van der Waals surface area contributed by atoms with Gasteiger partial charge in [-0.1, -0.05) is 0 Å². The van der Waals surface area contributed by atoms with Gasteiger partial charge in [0, 0.05) is 32.6 Å². The number of carbonyl (C=O) groups excluding carboxylic acids is 2. The van der Waals surface area contributed by atoms with Crippen LogP contribution in [0.15, 0.2) is 0 Å². The zero-order valence-electron chi connectivity index (χ0n) is 11.8. The molecule has 1 saturated heterocycles. The van der Waals surface area contributed by atoms with Gasteiger partial charge < -0.3 is 15.5 Å².